The van der Waals surface area contributed by atoms with Crippen LogP contribution in [0, 0.1) is 20.2 Å². The highest BCUT2D eigenvalue weighted by molar-refractivity contribution is 6.21. The normalized spacial score (nSPS) is 9.19. The maximum atomic E-state index is 11.9. The van der Waals surface area contributed by atoms with Gasteiger partial charge < -0.3 is 0 Å². The molecule has 0 fully saturated rings. The van der Waals surface area contributed by atoms with Gasteiger partial charge in [0.25, 0.3) is 0 Å². The summed E-state index contributed by atoms with van der Waals surface area (Å²) in [6.07, 6.45) is 1.25. The molecule has 7 nitrogen and oxygen atoms in total. The minimum Gasteiger partial charge on any atom is -0.289 e. The molecule has 0 N–H and O–H groups in total. The molecule has 7 heteroatoms. The molecule has 0 aliphatic heterocycles. The van der Waals surface area contributed by atoms with E-state index in [-0.39, 0.29) is 5.78 Å². The second kappa shape index (κ2) is 15.2. The van der Waals surface area contributed by atoms with Crippen molar-refractivity contribution in [2.45, 2.75) is 34.1 Å². The van der Waals surface area contributed by atoms with Gasteiger partial charge in [0.05, 0.1) is 0 Å². The van der Waals surface area contributed by atoms with E-state index in [9.17, 15) is 4.79 Å². The van der Waals surface area contributed by atoms with Crippen molar-refractivity contribution < 1.29 is 14.6 Å². The number of hydrogen-bond donors (Lipinski definition) is 0. The SMILES string of the molecule is CC.CCC.C[N+](=O)[O-].C[N+](=O)[O-].O=C1c2ccccc2-c2ccccc21. The summed E-state index contributed by atoms with van der Waals surface area (Å²) in [6.45, 7) is 8.25. The van der Waals surface area contributed by atoms with Gasteiger partial charge in [-0.1, -0.05) is 82.6 Å². The molecule has 1 aliphatic rings. The van der Waals surface area contributed by atoms with Gasteiger partial charge in [0.15, 0.2) is 19.9 Å². The molecule has 0 heterocycles. The molecule has 0 saturated carbocycles. The fourth-order valence-electron chi connectivity index (χ4n) is 1.98. The van der Waals surface area contributed by atoms with Crippen LogP contribution >= 0.6 is 0 Å². The van der Waals surface area contributed by atoms with Crippen LogP contribution in [0.5, 0.6) is 0 Å². The van der Waals surface area contributed by atoms with Gasteiger partial charge in [0, 0.05) is 21.0 Å². The molecule has 2 aromatic carbocycles. The van der Waals surface area contributed by atoms with Crippen LogP contribution in [-0.4, -0.2) is 29.7 Å². The molecule has 3 rings (SSSR count). The lowest BCUT2D eigenvalue weighted by Crippen LogP contribution is -1.93. The third kappa shape index (κ3) is 10.5. The Morgan fingerprint density at radius 1 is 0.704 bits per heavy atom. The molecule has 148 valence electrons. The highest BCUT2D eigenvalue weighted by atomic mass is 16.6. The summed E-state index contributed by atoms with van der Waals surface area (Å²) in [7, 11) is 1.78. The zero-order chi connectivity index (χ0) is 21.4. The first-order chi connectivity index (χ1) is 12.8. The minimum absolute atomic E-state index is 0.149. The zero-order valence-corrected chi connectivity index (χ0v) is 16.8. The Bertz CT molecular complexity index is 662. The Hall–Kier alpha value is -3.09. The number of carbonyl (C=O) groups excluding carboxylic acids is 1. The van der Waals surface area contributed by atoms with Gasteiger partial charge in [-0.15, -0.1) is 0 Å². The molecular weight excluding hydrogens is 348 g/mol. The fraction of sp³-hybridized carbons (Fsp3) is 0.350. The standard InChI is InChI=1S/C13H8O.C3H8.C2H6.2CH3NO2/c14-13-11-7-3-1-5-9(11)10-6-2-4-8-12(10)13;1-3-2;1-2;2*1-2(3)4/h1-8H;3H2,1-2H3;1-2H3;2*1H3. The Morgan fingerprint density at radius 3 is 1.11 bits per heavy atom. The Morgan fingerprint density at radius 2 is 0.889 bits per heavy atom. The summed E-state index contributed by atoms with van der Waals surface area (Å²) < 4.78 is 0. The molecule has 0 atom stereocenters. The Balaban J connectivity index is 0. The Labute approximate surface area is 160 Å². The Kier molecular flexibility index (Phi) is 14.7. The number of carbonyl (C=O) groups is 1. The summed E-state index contributed by atoms with van der Waals surface area (Å²) in [4.78, 5) is 28.5. The van der Waals surface area contributed by atoms with E-state index in [1.165, 1.54) is 6.42 Å². The van der Waals surface area contributed by atoms with Crippen LogP contribution in [0.3, 0.4) is 0 Å². The van der Waals surface area contributed by atoms with Crippen molar-refractivity contribution in [3.63, 3.8) is 0 Å². The van der Waals surface area contributed by atoms with Gasteiger partial charge in [0.1, 0.15) is 0 Å². The van der Waals surface area contributed by atoms with E-state index in [1.807, 2.05) is 62.4 Å². The van der Waals surface area contributed by atoms with Crippen molar-refractivity contribution in [2.24, 2.45) is 0 Å². The van der Waals surface area contributed by atoms with E-state index in [4.69, 9.17) is 20.2 Å². The molecule has 0 bridgehead atoms. The maximum absolute atomic E-state index is 11.9. The van der Waals surface area contributed by atoms with Gasteiger partial charge in [-0.3, -0.25) is 25.0 Å². The average Bonchev–Trinajstić information content (AvgIpc) is 2.90. The van der Waals surface area contributed by atoms with Crippen LogP contribution in [0.25, 0.3) is 11.1 Å². The topological polar surface area (TPSA) is 103 Å². The van der Waals surface area contributed by atoms with E-state index < -0.39 is 9.85 Å². The maximum Gasteiger partial charge on any atom is 0.194 e. The highest BCUT2D eigenvalue weighted by Gasteiger charge is 2.24. The molecule has 27 heavy (non-hydrogen) atoms. The zero-order valence-electron chi connectivity index (χ0n) is 16.8. The van der Waals surface area contributed by atoms with E-state index >= 15 is 0 Å². The van der Waals surface area contributed by atoms with Gasteiger partial charge in [-0.2, -0.15) is 0 Å². The van der Waals surface area contributed by atoms with Gasteiger partial charge in [-0.25, -0.2) is 0 Å². The molecule has 0 radical (unpaired) electrons. The highest BCUT2D eigenvalue weighted by Crippen LogP contribution is 2.35. The van der Waals surface area contributed by atoms with Gasteiger partial charge in [-0.05, 0) is 11.1 Å². The fourth-order valence-corrected chi connectivity index (χ4v) is 1.98. The number of benzene rings is 2. The molecule has 1 aliphatic carbocycles. The summed E-state index contributed by atoms with van der Waals surface area (Å²) in [5.41, 5.74) is 3.78. The smallest absolute Gasteiger partial charge is 0.194 e. The van der Waals surface area contributed by atoms with E-state index in [1.54, 1.807) is 0 Å². The van der Waals surface area contributed by atoms with Crippen LogP contribution < -0.4 is 0 Å². The molecule has 0 aromatic heterocycles. The van der Waals surface area contributed by atoms with Crippen molar-refractivity contribution >= 4 is 5.78 Å². The number of fused-ring (bicyclic) bond motifs is 3. The molecular formula is C20H28N2O5. The van der Waals surface area contributed by atoms with Gasteiger partial charge in [0.2, 0.25) is 0 Å². The van der Waals surface area contributed by atoms with E-state index in [0.717, 1.165) is 36.3 Å². The van der Waals surface area contributed by atoms with Crippen molar-refractivity contribution in [3.8, 4) is 11.1 Å². The van der Waals surface area contributed by atoms with E-state index in [0.29, 0.717) is 0 Å². The van der Waals surface area contributed by atoms with Gasteiger partial charge >= 0.3 is 0 Å². The summed E-state index contributed by atoms with van der Waals surface area (Å²) in [6, 6.07) is 15.5. The van der Waals surface area contributed by atoms with Crippen molar-refractivity contribution in [1.29, 1.82) is 0 Å². The second-order valence-corrected chi connectivity index (χ2v) is 5.01. The van der Waals surface area contributed by atoms with Crippen LogP contribution in [-0.2, 0) is 0 Å². The largest absolute Gasteiger partial charge is 0.289 e. The monoisotopic (exact) mass is 376 g/mol. The van der Waals surface area contributed by atoms with Crippen LogP contribution in [0.2, 0.25) is 0 Å². The first-order valence-electron chi connectivity index (χ1n) is 8.65. The molecule has 0 amide bonds. The third-order valence-electron chi connectivity index (χ3n) is 2.63. The molecule has 0 saturated heterocycles. The summed E-state index contributed by atoms with van der Waals surface area (Å²) in [5, 5.41) is 17.6. The lowest BCUT2D eigenvalue weighted by atomic mass is 10.1. The summed E-state index contributed by atoms with van der Waals surface area (Å²) in [5.74, 6) is 0.149. The van der Waals surface area contributed by atoms with Crippen LogP contribution in [0.1, 0.15) is 50.0 Å². The molecule has 0 unspecified atom stereocenters. The number of hydrogen-bond acceptors (Lipinski definition) is 5. The van der Waals surface area contributed by atoms with Crippen molar-refractivity contribution in [3.05, 3.63) is 79.9 Å². The van der Waals surface area contributed by atoms with Crippen molar-refractivity contribution in [1.82, 2.24) is 0 Å². The first kappa shape index (κ1) is 26.1. The number of ketones is 1. The third-order valence-corrected chi connectivity index (χ3v) is 2.63. The molecule has 0 spiro atoms. The lowest BCUT2D eigenvalue weighted by Gasteiger charge is -1.96. The van der Waals surface area contributed by atoms with Crippen LogP contribution in [0.15, 0.2) is 48.5 Å². The van der Waals surface area contributed by atoms with Crippen molar-refractivity contribution in [2.75, 3.05) is 14.1 Å². The average molecular weight is 376 g/mol. The number of rotatable bonds is 0. The minimum atomic E-state index is -0.500. The van der Waals surface area contributed by atoms with Crippen LogP contribution in [0.4, 0.5) is 0 Å². The molecule has 2 aromatic rings. The first-order valence-corrected chi connectivity index (χ1v) is 8.65. The lowest BCUT2D eigenvalue weighted by molar-refractivity contribution is -0.445. The second-order valence-electron chi connectivity index (χ2n) is 5.01. The number of nitro groups is 2. The number of nitrogens with zero attached hydrogens (tertiary/aromatic N) is 2. The predicted octanol–water partition coefficient (Wildman–Crippen LogP) is 5.13. The summed E-state index contributed by atoms with van der Waals surface area (Å²) >= 11 is 0. The quantitative estimate of drug-likeness (QED) is 0.400. The predicted molar refractivity (Wildman–Crippen MR) is 108 cm³/mol. The van der Waals surface area contributed by atoms with E-state index in [2.05, 4.69) is 13.8 Å².